The van der Waals surface area contributed by atoms with E-state index in [4.69, 9.17) is 9.47 Å². The number of rotatable bonds is 4. The number of hydrogen-bond acceptors (Lipinski definition) is 4. The minimum absolute atomic E-state index is 0.176. The van der Waals surface area contributed by atoms with Crippen molar-refractivity contribution in [2.24, 2.45) is 5.92 Å². The molecule has 0 N–H and O–H groups in total. The van der Waals surface area contributed by atoms with Gasteiger partial charge in [-0.3, -0.25) is 0 Å². The van der Waals surface area contributed by atoms with E-state index < -0.39 is 17.7 Å². The second-order valence-corrected chi connectivity index (χ2v) is 6.52. The maximum Gasteiger partial charge on any atom is 0.348 e. The Kier molecular flexibility index (Phi) is 5.07. The Balaban J connectivity index is 2.21. The third-order valence-electron chi connectivity index (χ3n) is 4.30. The molecule has 2 aliphatic rings. The van der Waals surface area contributed by atoms with Gasteiger partial charge in [-0.05, 0) is 37.2 Å². The fourth-order valence-corrected chi connectivity index (χ4v) is 3.29. The smallest absolute Gasteiger partial charge is 0.348 e. The van der Waals surface area contributed by atoms with Gasteiger partial charge in [-0.15, -0.1) is 0 Å². The van der Waals surface area contributed by atoms with Crippen molar-refractivity contribution in [2.45, 2.75) is 77.9 Å². The van der Waals surface area contributed by atoms with Crippen molar-refractivity contribution in [3.63, 3.8) is 0 Å². The Hall–Kier alpha value is -1.32. The molecule has 1 aliphatic heterocycles. The van der Waals surface area contributed by atoms with Crippen molar-refractivity contribution >= 4 is 11.9 Å². The third-order valence-corrected chi connectivity index (χ3v) is 4.30. The predicted molar refractivity (Wildman–Crippen MR) is 79.4 cm³/mol. The highest BCUT2D eigenvalue weighted by molar-refractivity contribution is 6.16. The number of hydrogen-bond donors (Lipinski definition) is 0. The summed E-state index contributed by atoms with van der Waals surface area (Å²) < 4.78 is 10.5. The molecule has 1 saturated heterocycles. The van der Waals surface area contributed by atoms with E-state index in [0.29, 0.717) is 5.92 Å². The molecular formula is C17H26O4. The summed E-state index contributed by atoms with van der Waals surface area (Å²) in [6, 6.07) is 0. The molecule has 0 bridgehead atoms. The Morgan fingerprint density at radius 3 is 2.38 bits per heavy atom. The summed E-state index contributed by atoms with van der Waals surface area (Å²) in [6.07, 6.45) is 8.65. The van der Waals surface area contributed by atoms with Gasteiger partial charge in [0.1, 0.15) is 5.57 Å². The monoisotopic (exact) mass is 294 g/mol. The molecule has 1 atom stereocenters. The van der Waals surface area contributed by atoms with Crippen LogP contribution in [0.15, 0.2) is 11.1 Å². The van der Waals surface area contributed by atoms with E-state index in [1.54, 1.807) is 13.8 Å². The number of esters is 2. The Bertz CT molecular complexity index is 426. The molecule has 0 spiro atoms. The molecule has 1 heterocycles. The van der Waals surface area contributed by atoms with Gasteiger partial charge in [-0.1, -0.05) is 32.6 Å². The van der Waals surface area contributed by atoms with Gasteiger partial charge in [0.05, 0.1) is 0 Å². The minimum Gasteiger partial charge on any atom is -0.419 e. The van der Waals surface area contributed by atoms with Gasteiger partial charge in [0.15, 0.2) is 0 Å². The molecule has 1 saturated carbocycles. The zero-order valence-electron chi connectivity index (χ0n) is 13.4. The topological polar surface area (TPSA) is 52.6 Å². The second kappa shape index (κ2) is 6.63. The molecular weight excluding hydrogens is 268 g/mol. The average Bonchev–Trinajstić information content (AvgIpc) is 2.38. The number of ether oxygens (including phenoxy) is 2. The Labute approximate surface area is 126 Å². The van der Waals surface area contributed by atoms with Gasteiger partial charge in [0.25, 0.3) is 5.79 Å². The van der Waals surface area contributed by atoms with Crippen LogP contribution >= 0.6 is 0 Å². The lowest BCUT2D eigenvalue weighted by atomic mass is 9.78. The van der Waals surface area contributed by atoms with E-state index in [1.165, 1.54) is 19.3 Å². The van der Waals surface area contributed by atoms with Crippen LogP contribution < -0.4 is 0 Å². The molecule has 0 aromatic carbocycles. The third kappa shape index (κ3) is 3.86. The number of allylic oxidation sites excluding steroid dienone is 1. The maximum absolute atomic E-state index is 12.2. The van der Waals surface area contributed by atoms with Crippen molar-refractivity contribution < 1.29 is 19.1 Å². The number of cyclic esters (lactones) is 2. The van der Waals surface area contributed by atoms with Gasteiger partial charge in [0.2, 0.25) is 0 Å². The lowest BCUT2D eigenvalue weighted by molar-refractivity contribution is -0.222. The van der Waals surface area contributed by atoms with E-state index in [9.17, 15) is 9.59 Å². The lowest BCUT2D eigenvalue weighted by Gasteiger charge is -2.33. The molecule has 0 radical (unpaired) electrons. The van der Waals surface area contributed by atoms with E-state index in [1.807, 2.05) is 0 Å². The summed E-state index contributed by atoms with van der Waals surface area (Å²) in [5, 5.41) is 0. The largest absolute Gasteiger partial charge is 0.419 e. The van der Waals surface area contributed by atoms with E-state index in [0.717, 1.165) is 37.7 Å². The lowest BCUT2D eigenvalue weighted by Crippen LogP contribution is -2.43. The first-order valence-corrected chi connectivity index (χ1v) is 8.14. The standard InChI is InChI=1S/C17H26O4/c1-4-5-6-9-12-10-7-8-11-13(12)14-15(18)20-17(2,3)21-16(14)19/h12H,4-11H2,1-3H3. The molecule has 1 aliphatic carbocycles. The summed E-state index contributed by atoms with van der Waals surface area (Å²) >= 11 is 0. The van der Waals surface area contributed by atoms with Crippen LogP contribution in [0.1, 0.15) is 72.1 Å². The Morgan fingerprint density at radius 2 is 1.76 bits per heavy atom. The Morgan fingerprint density at radius 1 is 1.10 bits per heavy atom. The SMILES string of the molecule is CCCCCC1CCCCC1=C1C(=O)OC(C)(C)OC1=O. The summed E-state index contributed by atoms with van der Waals surface area (Å²) in [5.74, 6) is -1.83. The van der Waals surface area contributed by atoms with E-state index in [2.05, 4.69) is 6.92 Å². The van der Waals surface area contributed by atoms with Gasteiger partial charge in [-0.2, -0.15) is 0 Å². The van der Waals surface area contributed by atoms with Crippen molar-refractivity contribution in [3.05, 3.63) is 11.1 Å². The van der Waals surface area contributed by atoms with Crippen molar-refractivity contribution in [1.29, 1.82) is 0 Å². The van der Waals surface area contributed by atoms with Crippen LogP contribution in [0, 0.1) is 5.92 Å². The molecule has 21 heavy (non-hydrogen) atoms. The molecule has 0 aromatic rings. The first kappa shape index (κ1) is 16.1. The van der Waals surface area contributed by atoms with Crippen LogP contribution in [0.5, 0.6) is 0 Å². The van der Waals surface area contributed by atoms with Crippen molar-refractivity contribution in [1.82, 2.24) is 0 Å². The van der Waals surface area contributed by atoms with E-state index in [-0.39, 0.29) is 5.57 Å². The van der Waals surface area contributed by atoms with Gasteiger partial charge < -0.3 is 9.47 Å². The van der Waals surface area contributed by atoms with Crippen LogP contribution in [0.25, 0.3) is 0 Å². The highest BCUT2D eigenvalue weighted by Gasteiger charge is 2.41. The van der Waals surface area contributed by atoms with E-state index >= 15 is 0 Å². The fourth-order valence-electron chi connectivity index (χ4n) is 3.29. The molecule has 4 nitrogen and oxygen atoms in total. The normalized spacial score (nSPS) is 25.6. The van der Waals surface area contributed by atoms with Crippen LogP contribution in [0.2, 0.25) is 0 Å². The van der Waals surface area contributed by atoms with Crippen LogP contribution in [0.3, 0.4) is 0 Å². The summed E-state index contributed by atoms with van der Waals surface area (Å²) in [5.41, 5.74) is 1.15. The molecule has 2 rings (SSSR count). The average molecular weight is 294 g/mol. The quantitative estimate of drug-likeness (QED) is 0.341. The van der Waals surface area contributed by atoms with Crippen molar-refractivity contribution in [3.8, 4) is 0 Å². The highest BCUT2D eigenvalue weighted by atomic mass is 16.7. The van der Waals surface area contributed by atoms with Crippen LogP contribution in [-0.4, -0.2) is 17.7 Å². The number of unbranched alkanes of at least 4 members (excludes halogenated alkanes) is 2. The summed E-state index contributed by atoms with van der Waals surface area (Å²) in [7, 11) is 0. The molecule has 0 amide bonds. The fraction of sp³-hybridized carbons (Fsp3) is 0.765. The highest BCUT2D eigenvalue weighted by Crippen LogP contribution is 2.37. The van der Waals surface area contributed by atoms with Crippen molar-refractivity contribution in [2.75, 3.05) is 0 Å². The first-order valence-electron chi connectivity index (χ1n) is 8.14. The van der Waals surface area contributed by atoms with Crippen LogP contribution in [-0.2, 0) is 19.1 Å². The molecule has 118 valence electrons. The molecule has 4 heteroatoms. The summed E-state index contributed by atoms with van der Waals surface area (Å²) in [4.78, 5) is 24.4. The van der Waals surface area contributed by atoms with Gasteiger partial charge in [-0.25, -0.2) is 9.59 Å². The second-order valence-electron chi connectivity index (χ2n) is 6.52. The molecule has 0 aromatic heterocycles. The maximum atomic E-state index is 12.2. The minimum atomic E-state index is -1.15. The zero-order chi connectivity index (χ0) is 15.5. The zero-order valence-corrected chi connectivity index (χ0v) is 13.4. The number of carbonyl (C=O) groups excluding carboxylic acids is 2. The summed E-state index contributed by atoms with van der Waals surface area (Å²) in [6.45, 7) is 5.35. The first-order chi connectivity index (χ1) is 9.94. The number of carbonyl (C=O) groups is 2. The predicted octanol–water partition coefficient (Wildman–Crippen LogP) is 3.89. The van der Waals surface area contributed by atoms with Gasteiger partial charge >= 0.3 is 11.9 Å². The molecule has 1 unspecified atom stereocenters. The molecule has 2 fully saturated rings. The van der Waals surface area contributed by atoms with Gasteiger partial charge in [0, 0.05) is 13.8 Å². The van der Waals surface area contributed by atoms with Crippen LogP contribution in [0.4, 0.5) is 0 Å².